The molecular weight excluding hydrogens is 204 g/mol. The van der Waals surface area contributed by atoms with Crippen molar-refractivity contribution in [1.82, 2.24) is 0 Å². The molecule has 3 aliphatic carbocycles. The molecule has 2 bridgehead atoms. The number of fused-ring (bicyclic) bond motifs is 2. The number of hydrogen-bond donors (Lipinski definition) is 0. The predicted molar refractivity (Wildman–Crippen MR) is 73.7 cm³/mol. The van der Waals surface area contributed by atoms with Gasteiger partial charge in [0.05, 0.1) is 0 Å². The maximum atomic E-state index is 3.94. The second-order valence-electron chi connectivity index (χ2n) is 6.63. The zero-order valence-electron chi connectivity index (χ0n) is 11.0. The maximum Gasteiger partial charge on any atom is -0.0199 e. The summed E-state index contributed by atoms with van der Waals surface area (Å²) in [5.74, 6) is 4.83. The van der Waals surface area contributed by atoms with Gasteiger partial charge in [0.25, 0.3) is 0 Å². The van der Waals surface area contributed by atoms with Crippen molar-refractivity contribution in [2.24, 2.45) is 29.6 Å². The van der Waals surface area contributed by atoms with Gasteiger partial charge in [0, 0.05) is 0 Å². The Bertz CT molecular complexity index is 293. The number of rotatable bonds is 4. The Morgan fingerprint density at radius 3 is 2.41 bits per heavy atom. The molecule has 0 spiro atoms. The van der Waals surface area contributed by atoms with Crippen LogP contribution in [0.4, 0.5) is 0 Å². The lowest BCUT2D eigenvalue weighted by Crippen LogP contribution is -2.15. The van der Waals surface area contributed by atoms with Crippen LogP contribution in [-0.4, -0.2) is 0 Å². The molecule has 94 valence electrons. The van der Waals surface area contributed by atoms with Gasteiger partial charge in [-0.05, 0) is 74.5 Å². The van der Waals surface area contributed by atoms with E-state index in [1.807, 2.05) is 0 Å². The first-order chi connectivity index (χ1) is 8.35. The SMILES string of the molecule is C=CC1CCC(CCC2CC3C=CC2C3)CC1. The van der Waals surface area contributed by atoms with E-state index in [9.17, 15) is 0 Å². The molecule has 0 aromatic carbocycles. The molecule has 2 saturated carbocycles. The minimum atomic E-state index is 0.830. The molecule has 0 aromatic heterocycles. The van der Waals surface area contributed by atoms with Crippen LogP contribution in [0.2, 0.25) is 0 Å². The first-order valence-corrected chi connectivity index (χ1v) is 7.66. The molecule has 0 saturated heterocycles. The summed E-state index contributed by atoms with van der Waals surface area (Å²) < 4.78 is 0. The summed E-state index contributed by atoms with van der Waals surface area (Å²) in [5, 5.41) is 0. The Labute approximate surface area is 106 Å². The fourth-order valence-electron chi connectivity index (χ4n) is 4.39. The smallest absolute Gasteiger partial charge is 0.0199 e. The van der Waals surface area contributed by atoms with Crippen LogP contribution in [0.25, 0.3) is 0 Å². The van der Waals surface area contributed by atoms with E-state index in [0.29, 0.717) is 0 Å². The number of hydrogen-bond acceptors (Lipinski definition) is 0. The highest BCUT2D eigenvalue weighted by Gasteiger charge is 2.35. The average Bonchev–Trinajstić information content (AvgIpc) is 2.99. The van der Waals surface area contributed by atoms with Crippen LogP contribution in [0.3, 0.4) is 0 Å². The summed E-state index contributed by atoms with van der Waals surface area (Å²) in [5.41, 5.74) is 0. The topological polar surface area (TPSA) is 0 Å². The highest BCUT2D eigenvalue weighted by molar-refractivity contribution is 5.09. The van der Waals surface area contributed by atoms with Crippen molar-refractivity contribution >= 4 is 0 Å². The summed E-state index contributed by atoms with van der Waals surface area (Å²) in [7, 11) is 0. The van der Waals surface area contributed by atoms with Crippen molar-refractivity contribution in [2.45, 2.75) is 51.4 Å². The van der Waals surface area contributed by atoms with Crippen molar-refractivity contribution in [1.29, 1.82) is 0 Å². The summed E-state index contributed by atoms with van der Waals surface area (Å²) in [6.45, 7) is 3.94. The van der Waals surface area contributed by atoms with Gasteiger partial charge in [0.1, 0.15) is 0 Å². The minimum absolute atomic E-state index is 0.830. The quantitative estimate of drug-likeness (QED) is 0.598. The molecule has 0 N–H and O–H groups in total. The average molecular weight is 230 g/mol. The summed E-state index contributed by atoms with van der Waals surface area (Å²) >= 11 is 0. The second kappa shape index (κ2) is 5.00. The standard InChI is InChI=1S/C17H26/c1-2-13-3-5-14(6-4-13)7-9-16-11-15-8-10-17(16)12-15/h2,8,10,13-17H,1,3-7,9,11-12H2. The van der Waals surface area contributed by atoms with Gasteiger partial charge in [-0.2, -0.15) is 0 Å². The van der Waals surface area contributed by atoms with Crippen LogP contribution in [0.15, 0.2) is 24.8 Å². The van der Waals surface area contributed by atoms with Crippen molar-refractivity contribution in [2.75, 3.05) is 0 Å². The van der Waals surface area contributed by atoms with E-state index in [-0.39, 0.29) is 0 Å². The normalized spacial score (nSPS) is 44.1. The Hall–Kier alpha value is -0.520. The van der Waals surface area contributed by atoms with Crippen LogP contribution in [0, 0.1) is 29.6 Å². The van der Waals surface area contributed by atoms with Gasteiger partial charge in [-0.3, -0.25) is 0 Å². The fraction of sp³-hybridized carbons (Fsp3) is 0.765. The molecule has 0 aromatic rings. The van der Waals surface area contributed by atoms with E-state index < -0.39 is 0 Å². The lowest BCUT2D eigenvalue weighted by atomic mass is 9.78. The molecule has 3 atom stereocenters. The molecule has 0 amide bonds. The van der Waals surface area contributed by atoms with Gasteiger partial charge < -0.3 is 0 Å². The molecule has 17 heavy (non-hydrogen) atoms. The molecule has 0 nitrogen and oxygen atoms in total. The monoisotopic (exact) mass is 230 g/mol. The highest BCUT2D eigenvalue weighted by Crippen LogP contribution is 2.46. The van der Waals surface area contributed by atoms with E-state index >= 15 is 0 Å². The Morgan fingerprint density at radius 1 is 1.00 bits per heavy atom. The molecular formula is C17H26. The highest BCUT2D eigenvalue weighted by atomic mass is 14.4. The third kappa shape index (κ3) is 2.51. The van der Waals surface area contributed by atoms with E-state index in [2.05, 4.69) is 24.8 Å². The van der Waals surface area contributed by atoms with E-state index in [1.165, 1.54) is 51.4 Å². The second-order valence-corrected chi connectivity index (χ2v) is 6.63. The van der Waals surface area contributed by atoms with E-state index in [0.717, 1.165) is 29.6 Å². The molecule has 3 unspecified atom stereocenters. The van der Waals surface area contributed by atoms with Crippen LogP contribution >= 0.6 is 0 Å². The minimum Gasteiger partial charge on any atom is -0.103 e. The largest absolute Gasteiger partial charge is 0.103 e. The predicted octanol–water partition coefficient (Wildman–Crippen LogP) is 4.97. The molecule has 0 radical (unpaired) electrons. The van der Waals surface area contributed by atoms with Crippen LogP contribution in [0.5, 0.6) is 0 Å². The lowest BCUT2D eigenvalue weighted by Gasteiger charge is -2.28. The van der Waals surface area contributed by atoms with Crippen molar-refractivity contribution < 1.29 is 0 Å². The lowest BCUT2D eigenvalue weighted by molar-refractivity contribution is 0.266. The zero-order chi connectivity index (χ0) is 11.7. The Balaban J connectivity index is 1.40. The van der Waals surface area contributed by atoms with Crippen molar-refractivity contribution in [3.63, 3.8) is 0 Å². The first-order valence-electron chi connectivity index (χ1n) is 7.66. The molecule has 3 aliphatic rings. The third-order valence-corrected chi connectivity index (χ3v) is 5.59. The molecule has 2 fully saturated rings. The Kier molecular flexibility index (Phi) is 3.40. The molecule has 3 rings (SSSR count). The zero-order valence-corrected chi connectivity index (χ0v) is 11.0. The summed E-state index contributed by atoms with van der Waals surface area (Å²) in [6, 6.07) is 0. The third-order valence-electron chi connectivity index (χ3n) is 5.59. The molecule has 0 aliphatic heterocycles. The van der Waals surface area contributed by atoms with Crippen molar-refractivity contribution in [3.8, 4) is 0 Å². The Morgan fingerprint density at radius 2 is 1.82 bits per heavy atom. The van der Waals surface area contributed by atoms with E-state index in [1.54, 1.807) is 0 Å². The van der Waals surface area contributed by atoms with Gasteiger partial charge in [-0.25, -0.2) is 0 Å². The van der Waals surface area contributed by atoms with Gasteiger partial charge in [0.15, 0.2) is 0 Å². The molecule has 0 heteroatoms. The van der Waals surface area contributed by atoms with Gasteiger partial charge in [-0.1, -0.05) is 24.6 Å². The van der Waals surface area contributed by atoms with Crippen LogP contribution in [0.1, 0.15) is 51.4 Å². The summed E-state index contributed by atoms with van der Waals surface area (Å²) in [6.07, 6.45) is 18.9. The van der Waals surface area contributed by atoms with Crippen LogP contribution < -0.4 is 0 Å². The molecule has 0 heterocycles. The van der Waals surface area contributed by atoms with Crippen molar-refractivity contribution in [3.05, 3.63) is 24.8 Å². The maximum absolute atomic E-state index is 3.94. The van der Waals surface area contributed by atoms with E-state index in [4.69, 9.17) is 0 Å². The first kappa shape index (κ1) is 11.6. The fourth-order valence-corrected chi connectivity index (χ4v) is 4.39. The van der Waals surface area contributed by atoms with Gasteiger partial charge in [-0.15, -0.1) is 6.58 Å². The van der Waals surface area contributed by atoms with Crippen LogP contribution in [-0.2, 0) is 0 Å². The van der Waals surface area contributed by atoms with Gasteiger partial charge in [0.2, 0.25) is 0 Å². The number of allylic oxidation sites excluding steroid dienone is 3. The van der Waals surface area contributed by atoms with Gasteiger partial charge >= 0.3 is 0 Å². The summed E-state index contributed by atoms with van der Waals surface area (Å²) in [4.78, 5) is 0.